The van der Waals surface area contributed by atoms with E-state index < -0.39 is 0 Å². The van der Waals surface area contributed by atoms with Gasteiger partial charge in [0.15, 0.2) is 0 Å². The number of hydrogen-bond donors (Lipinski definition) is 0. The van der Waals surface area contributed by atoms with Crippen LogP contribution in [0.2, 0.25) is 0 Å². The lowest BCUT2D eigenvalue weighted by Gasteiger charge is -2.03. The van der Waals surface area contributed by atoms with Crippen LogP contribution in [0.4, 0.5) is 0 Å². The third-order valence-corrected chi connectivity index (χ3v) is 3.79. The predicted octanol–water partition coefficient (Wildman–Crippen LogP) is 3.94. The Kier molecular flexibility index (Phi) is 3.25. The van der Waals surface area contributed by atoms with Crippen LogP contribution in [-0.4, -0.2) is 15.0 Å². The van der Waals surface area contributed by atoms with Crippen molar-refractivity contribution in [1.29, 1.82) is 0 Å². The van der Waals surface area contributed by atoms with Gasteiger partial charge in [-0.3, -0.25) is 0 Å². The van der Waals surface area contributed by atoms with Crippen molar-refractivity contribution in [3.05, 3.63) is 53.4 Å². The van der Waals surface area contributed by atoms with Crippen molar-refractivity contribution in [2.75, 3.05) is 0 Å². The minimum absolute atomic E-state index is 0.825. The SMILES string of the molecule is Brc1cccc(Sc2ncnc3ccccc23)n1. The van der Waals surface area contributed by atoms with Crippen molar-refractivity contribution in [3.8, 4) is 0 Å². The highest BCUT2D eigenvalue weighted by Gasteiger charge is 2.06. The second kappa shape index (κ2) is 5.04. The van der Waals surface area contributed by atoms with Crippen molar-refractivity contribution in [2.45, 2.75) is 10.1 Å². The molecule has 0 radical (unpaired) electrons. The van der Waals surface area contributed by atoms with Crippen LogP contribution in [0.1, 0.15) is 0 Å². The topological polar surface area (TPSA) is 38.7 Å². The summed E-state index contributed by atoms with van der Waals surface area (Å²) < 4.78 is 0.825. The first-order chi connectivity index (χ1) is 8.83. The Hall–Kier alpha value is -1.46. The third kappa shape index (κ3) is 2.37. The number of para-hydroxylation sites is 1. The Bertz CT molecular complexity index is 697. The largest absolute Gasteiger partial charge is 0.236 e. The van der Waals surface area contributed by atoms with Gasteiger partial charge in [0.1, 0.15) is 21.0 Å². The fourth-order valence-corrected chi connectivity index (χ4v) is 2.94. The molecule has 0 bridgehead atoms. The molecule has 2 aromatic heterocycles. The number of hydrogen-bond acceptors (Lipinski definition) is 4. The van der Waals surface area contributed by atoms with Crippen molar-refractivity contribution >= 4 is 38.6 Å². The predicted molar refractivity (Wildman–Crippen MR) is 75.6 cm³/mol. The zero-order valence-corrected chi connectivity index (χ0v) is 11.6. The average molecular weight is 318 g/mol. The number of aromatic nitrogens is 3. The van der Waals surface area contributed by atoms with Crippen LogP contribution >= 0.6 is 27.7 Å². The van der Waals surface area contributed by atoms with Crippen molar-refractivity contribution in [2.24, 2.45) is 0 Å². The van der Waals surface area contributed by atoms with Crippen molar-refractivity contribution < 1.29 is 0 Å². The van der Waals surface area contributed by atoms with Crippen molar-refractivity contribution in [1.82, 2.24) is 15.0 Å². The molecule has 18 heavy (non-hydrogen) atoms. The smallest absolute Gasteiger partial charge is 0.117 e. The van der Waals surface area contributed by atoms with E-state index in [0.717, 1.165) is 25.6 Å². The maximum atomic E-state index is 4.39. The molecular weight excluding hydrogens is 310 g/mol. The number of halogens is 1. The summed E-state index contributed by atoms with van der Waals surface area (Å²) in [5, 5.41) is 2.88. The average Bonchev–Trinajstić information content (AvgIpc) is 2.39. The minimum atomic E-state index is 0.825. The van der Waals surface area contributed by atoms with Gasteiger partial charge in [-0.2, -0.15) is 0 Å². The fraction of sp³-hybridized carbons (Fsp3) is 0. The summed E-state index contributed by atoms with van der Waals surface area (Å²) >= 11 is 4.91. The lowest BCUT2D eigenvalue weighted by atomic mass is 10.2. The highest BCUT2D eigenvalue weighted by Crippen LogP contribution is 2.30. The first kappa shape index (κ1) is 11.6. The molecule has 3 rings (SSSR count). The van der Waals surface area contributed by atoms with E-state index in [4.69, 9.17) is 0 Å². The molecule has 0 fully saturated rings. The maximum absolute atomic E-state index is 4.39. The van der Waals surface area contributed by atoms with E-state index in [1.54, 1.807) is 6.33 Å². The van der Waals surface area contributed by atoms with E-state index >= 15 is 0 Å². The highest BCUT2D eigenvalue weighted by atomic mass is 79.9. The molecule has 0 spiro atoms. The maximum Gasteiger partial charge on any atom is 0.117 e. The summed E-state index contributed by atoms with van der Waals surface area (Å²) in [6.45, 7) is 0. The van der Waals surface area contributed by atoms with E-state index in [1.165, 1.54) is 11.8 Å². The molecule has 0 N–H and O–H groups in total. The summed E-state index contributed by atoms with van der Waals surface area (Å²) in [4.78, 5) is 13.0. The highest BCUT2D eigenvalue weighted by molar-refractivity contribution is 9.10. The van der Waals surface area contributed by atoms with Gasteiger partial charge in [-0.1, -0.05) is 24.3 Å². The summed E-state index contributed by atoms with van der Waals surface area (Å²) in [7, 11) is 0. The second-order valence-electron chi connectivity index (χ2n) is 3.60. The van der Waals surface area contributed by atoms with Crippen LogP contribution in [-0.2, 0) is 0 Å². The van der Waals surface area contributed by atoms with E-state index in [2.05, 4.69) is 30.9 Å². The summed E-state index contributed by atoms with van der Waals surface area (Å²) in [6.07, 6.45) is 1.59. The van der Waals surface area contributed by atoms with Gasteiger partial charge in [0, 0.05) is 5.39 Å². The quantitative estimate of drug-likeness (QED) is 0.530. The Morgan fingerprint density at radius 2 is 1.83 bits per heavy atom. The molecule has 2 heterocycles. The molecule has 0 saturated heterocycles. The Labute approximate surface area is 117 Å². The molecule has 3 nitrogen and oxygen atoms in total. The van der Waals surface area contributed by atoms with Crippen LogP contribution in [0.15, 0.2) is 63.4 Å². The zero-order chi connectivity index (χ0) is 12.4. The molecule has 1 aromatic carbocycles. The van der Waals surface area contributed by atoms with E-state index in [9.17, 15) is 0 Å². The first-order valence-corrected chi connectivity index (χ1v) is 6.94. The van der Waals surface area contributed by atoms with Gasteiger partial charge in [0.05, 0.1) is 5.52 Å². The molecule has 0 aliphatic heterocycles. The van der Waals surface area contributed by atoms with Gasteiger partial charge in [-0.15, -0.1) is 0 Å². The number of benzene rings is 1. The lowest BCUT2D eigenvalue weighted by Crippen LogP contribution is -1.87. The number of nitrogens with zero attached hydrogens (tertiary/aromatic N) is 3. The molecule has 3 aromatic rings. The molecular formula is C13H8BrN3S. The minimum Gasteiger partial charge on any atom is -0.236 e. The summed E-state index contributed by atoms with van der Waals surface area (Å²) in [6, 6.07) is 13.8. The van der Waals surface area contributed by atoms with Crippen LogP contribution < -0.4 is 0 Å². The zero-order valence-electron chi connectivity index (χ0n) is 9.25. The standard InChI is InChI=1S/C13H8BrN3S/c14-11-6-3-7-12(17-11)18-13-9-4-1-2-5-10(9)15-8-16-13/h1-8H. The lowest BCUT2D eigenvalue weighted by molar-refractivity contribution is 1.07. The van der Waals surface area contributed by atoms with Crippen LogP contribution in [0.5, 0.6) is 0 Å². The summed E-state index contributed by atoms with van der Waals surface area (Å²) in [5.74, 6) is 0. The molecule has 0 saturated carbocycles. The fourth-order valence-electron chi connectivity index (χ4n) is 1.61. The molecule has 0 amide bonds. The molecule has 0 aliphatic carbocycles. The molecule has 88 valence electrons. The van der Waals surface area contributed by atoms with Gasteiger partial charge in [0.25, 0.3) is 0 Å². The van der Waals surface area contributed by atoms with Crippen LogP contribution in [0.25, 0.3) is 10.9 Å². The Balaban J connectivity index is 2.05. The summed E-state index contributed by atoms with van der Waals surface area (Å²) in [5.41, 5.74) is 0.949. The number of fused-ring (bicyclic) bond motifs is 1. The van der Waals surface area contributed by atoms with Gasteiger partial charge >= 0.3 is 0 Å². The van der Waals surface area contributed by atoms with Crippen LogP contribution in [0, 0.1) is 0 Å². The molecule has 0 unspecified atom stereocenters. The molecule has 5 heteroatoms. The monoisotopic (exact) mass is 317 g/mol. The number of rotatable bonds is 2. The van der Waals surface area contributed by atoms with Crippen LogP contribution in [0.3, 0.4) is 0 Å². The molecule has 0 aliphatic rings. The van der Waals surface area contributed by atoms with Gasteiger partial charge in [0.2, 0.25) is 0 Å². The van der Waals surface area contributed by atoms with Gasteiger partial charge < -0.3 is 0 Å². The second-order valence-corrected chi connectivity index (χ2v) is 5.42. The van der Waals surface area contributed by atoms with Crippen molar-refractivity contribution in [3.63, 3.8) is 0 Å². The Morgan fingerprint density at radius 3 is 2.72 bits per heavy atom. The van der Waals surface area contributed by atoms with Gasteiger partial charge in [-0.25, -0.2) is 15.0 Å². The normalized spacial score (nSPS) is 10.7. The molecule has 0 atom stereocenters. The first-order valence-electron chi connectivity index (χ1n) is 5.33. The number of pyridine rings is 1. The third-order valence-electron chi connectivity index (χ3n) is 2.40. The van der Waals surface area contributed by atoms with Gasteiger partial charge in [-0.05, 0) is 45.9 Å². The Morgan fingerprint density at radius 1 is 0.944 bits per heavy atom. The van der Waals surface area contributed by atoms with E-state index in [1.807, 2.05) is 42.5 Å². The van der Waals surface area contributed by atoms with E-state index in [0.29, 0.717) is 0 Å². The van der Waals surface area contributed by atoms with E-state index in [-0.39, 0.29) is 0 Å².